The second-order valence-corrected chi connectivity index (χ2v) is 3.78. The average molecular weight is 241 g/mol. The molecule has 0 bridgehead atoms. The minimum atomic E-state index is -0.715. The average Bonchev–Trinajstić information content (AvgIpc) is 2.36. The van der Waals surface area contributed by atoms with E-state index in [0.717, 1.165) is 0 Å². The van der Waals surface area contributed by atoms with Gasteiger partial charge in [-0.2, -0.15) is 5.26 Å². The van der Waals surface area contributed by atoms with Crippen LogP contribution in [0.15, 0.2) is 5.11 Å². The molecule has 0 spiro atoms. The fourth-order valence-electron chi connectivity index (χ4n) is 1.31. The summed E-state index contributed by atoms with van der Waals surface area (Å²) in [6.07, 6.45) is 0.702. The Morgan fingerprint density at radius 1 is 1.53 bits per heavy atom. The predicted octanol–water partition coefficient (Wildman–Crippen LogP) is 1.57. The Hall–Kier alpha value is -1.32. The van der Waals surface area contributed by atoms with Crippen molar-refractivity contribution in [2.45, 2.75) is 31.6 Å². The van der Waals surface area contributed by atoms with E-state index < -0.39 is 11.8 Å². The summed E-state index contributed by atoms with van der Waals surface area (Å²) in [4.78, 5) is 2.66. The van der Waals surface area contributed by atoms with Gasteiger partial charge >= 0.3 is 0 Å². The van der Waals surface area contributed by atoms with Gasteiger partial charge in [0.25, 0.3) is 0 Å². The fourth-order valence-corrected chi connectivity index (χ4v) is 1.31. The smallest absolute Gasteiger partial charge is 0.159 e. The van der Waals surface area contributed by atoms with Crippen molar-refractivity contribution in [2.24, 2.45) is 5.11 Å². The summed E-state index contributed by atoms with van der Waals surface area (Å²) in [5.41, 5.74) is 7.39. The third-order valence-electron chi connectivity index (χ3n) is 2.36. The van der Waals surface area contributed by atoms with Crippen LogP contribution in [0.3, 0.4) is 0 Å². The van der Waals surface area contributed by atoms with Crippen LogP contribution in [0.5, 0.6) is 0 Å². The van der Waals surface area contributed by atoms with Crippen molar-refractivity contribution in [2.75, 3.05) is 27.3 Å². The zero-order valence-electron chi connectivity index (χ0n) is 10.5. The van der Waals surface area contributed by atoms with Gasteiger partial charge in [0.2, 0.25) is 0 Å². The molecule has 1 atom stereocenters. The highest BCUT2D eigenvalue weighted by Gasteiger charge is 2.27. The molecule has 0 amide bonds. The number of hydrogen-bond donors (Lipinski definition) is 1. The van der Waals surface area contributed by atoms with Crippen molar-refractivity contribution in [1.82, 2.24) is 5.32 Å². The van der Waals surface area contributed by atoms with E-state index in [1.165, 1.54) is 14.2 Å². The Kier molecular flexibility index (Phi) is 8.11. The molecule has 0 aliphatic carbocycles. The van der Waals surface area contributed by atoms with Gasteiger partial charge in [0.15, 0.2) is 6.29 Å². The molecular formula is C10H19N5O2. The highest BCUT2D eigenvalue weighted by molar-refractivity contribution is 5.04. The first-order valence-electron chi connectivity index (χ1n) is 5.34. The summed E-state index contributed by atoms with van der Waals surface area (Å²) in [5.74, 6) is 0. The zero-order valence-corrected chi connectivity index (χ0v) is 10.5. The lowest BCUT2D eigenvalue weighted by Crippen LogP contribution is -2.45. The van der Waals surface area contributed by atoms with E-state index in [1.54, 1.807) is 6.92 Å². The largest absolute Gasteiger partial charge is 0.356 e. The zero-order chi connectivity index (χ0) is 13.1. The van der Waals surface area contributed by atoms with E-state index >= 15 is 0 Å². The van der Waals surface area contributed by atoms with Crippen molar-refractivity contribution in [3.8, 4) is 6.07 Å². The number of nitrogens with one attached hydrogen (secondary N) is 1. The molecule has 0 saturated carbocycles. The van der Waals surface area contributed by atoms with Crippen LogP contribution in [-0.2, 0) is 9.47 Å². The van der Waals surface area contributed by atoms with Crippen LogP contribution >= 0.6 is 0 Å². The van der Waals surface area contributed by atoms with Gasteiger partial charge in [0, 0.05) is 32.1 Å². The van der Waals surface area contributed by atoms with Crippen LogP contribution in [0.25, 0.3) is 10.4 Å². The molecule has 1 unspecified atom stereocenters. The second-order valence-electron chi connectivity index (χ2n) is 3.78. The highest BCUT2D eigenvalue weighted by atomic mass is 16.7. The Morgan fingerprint density at radius 3 is 2.65 bits per heavy atom. The molecule has 17 heavy (non-hydrogen) atoms. The maximum absolute atomic E-state index is 9.12. The second kappa shape index (κ2) is 8.79. The van der Waals surface area contributed by atoms with Gasteiger partial charge in [-0.3, -0.25) is 5.32 Å². The Morgan fingerprint density at radius 2 is 2.18 bits per heavy atom. The molecule has 0 rings (SSSR count). The summed E-state index contributed by atoms with van der Waals surface area (Å²) in [7, 11) is 3.07. The number of nitriles is 1. The lowest BCUT2D eigenvalue weighted by atomic mass is 9.99. The molecule has 0 heterocycles. The maximum Gasteiger partial charge on any atom is 0.159 e. The molecule has 96 valence electrons. The molecule has 7 heteroatoms. The molecule has 0 aliphatic rings. The molecule has 0 fully saturated rings. The fraction of sp³-hybridized carbons (Fsp3) is 0.900. The SMILES string of the molecule is COC(CC(C)(C#N)NCCCN=[N+]=[N-])OC. The van der Waals surface area contributed by atoms with Crippen LogP contribution < -0.4 is 5.32 Å². The molecule has 0 aliphatic heterocycles. The summed E-state index contributed by atoms with van der Waals surface area (Å²) in [5, 5.41) is 15.6. The summed E-state index contributed by atoms with van der Waals surface area (Å²) in [6.45, 7) is 2.80. The van der Waals surface area contributed by atoms with Crippen molar-refractivity contribution < 1.29 is 9.47 Å². The summed E-state index contributed by atoms with van der Waals surface area (Å²) in [6, 6.07) is 2.19. The normalized spacial score (nSPS) is 13.8. The number of hydrogen-bond acceptors (Lipinski definition) is 5. The van der Waals surface area contributed by atoms with Gasteiger partial charge in [-0.05, 0) is 25.4 Å². The van der Waals surface area contributed by atoms with Gasteiger partial charge in [-0.1, -0.05) is 5.11 Å². The number of ether oxygens (including phenoxy) is 2. The van der Waals surface area contributed by atoms with E-state index in [-0.39, 0.29) is 0 Å². The molecule has 0 saturated heterocycles. The van der Waals surface area contributed by atoms with Crippen LogP contribution in [0, 0.1) is 11.3 Å². The van der Waals surface area contributed by atoms with Gasteiger partial charge in [-0.25, -0.2) is 0 Å². The number of azide groups is 1. The molecule has 1 N–H and O–H groups in total. The predicted molar refractivity (Wildman–Crippen MR) is 63.1 cm³/mol. The number of rotatable bonds is 9. The number of nitrogens with zero attached hydrogens (tertiary/aromatic N) is 4. The monoisotopic (exact) mass is 241 g/mol. The third-order valence-corrected chi connectivity index (χ3v) is 2.36. The standard InChI is InChI=1S/C10H19N5O2/c1-10(8-11,7-9(16-2)17-3)13-5-4-6-14-15-12/h9,13H,4-7H2,1-3H3. The first kappa shape index (κ1) is 15.7. The minimum absolute atomic E-state index is 0.413. The summed E-state index contributed by atoms with van der Waals surface area (Å²) >= 11 is 0. The van der Waals surface area contributed by atoms with Gasteiger partial charge in [0.05, 0.1) is 6.07 Å². The van der Waals surface area contributed by atoms with Crippen molar-refractivity contribution in [1.29, 1.82) is 5.26 Å². The molecule has 0 aromatic rings. The van der Waals surface area contributed by atoms with Crippen LogP contribution in [0.1, 0.15) is 19.8 Å². The van der Waals surface area contributed by atoms with Crippen LogP contribution in [0.4, 0.5) is 0 Å². The van der Waals surface area contributed by atoms with Crippen LogP contribution in [0.2, 0.25) is 0 Å². The number of methoxy groups -OCH3 is 2. The molecule has 7 nitrogen and oxygen atoms in total. The molecule has 0 radical (unpaired) electrons. The lowest BCUT2D eigenvalue weighted by molar-refractivity contribution is -0.114. The Balaban J connectivity index is 4.09. The topological polar surface area (TPSA) is 103 Å². The van der Waals surface area contributed by atoms with Crippen LogP contribution in [-0.4, -0.2) is 39.1 Å². The van der Waals surface area contributed by atoms with E-state index in [4.69, 9.17) is 20.3 Å². The first-order valence-corrected chi connectivity index (χ1v) is 5.34. The molecular weight excluding hydrogens is 222 g/mol. The van der Waals surface area contributed by atoms with Gasteiger partial charge < -0.3 is 9.47 Å². The van der Waals surface area contributed by atoms with E-state index in [9.17, 15) is 0 Å². The van der Waals surface area contributed by atoms with E-state index in [0.29, 0.717) is 25.9 Å². The van der Waals surface area contributed by atoms with E-state index in [2.05, 4.69) is 21.4 Å². The third kappa shape index (κ3) is 6.76. The lowest BCUT2D eigenvalue weighted by Gasteiger charge is -2.26. The maximum atomic E-state index is 9.12. The molecule has 0 aromatic heterocycles. The van der Waals surface area contributed by atoms with Gasteiger partial charge in [-0.15, -0.1) is 0 Å². The highest BCUT2D eigenvalue weighted by Crippen LogP contribution is 2.13. The van der Waals surface area contributed by atoms with Crippen molar-refractivity contribution >= 4 is 0 Å². The Bertz CT molecular complexity index is 294. The van der Waals surface area contributed by atoms with Crippen molar-refractivity contribution in [3.63, 3.8) is 0 Å². The van der Waals surface area contributed by atoms with E-state index in [1.807, 2.05) is 0 Å². The van der Waals surface area contributed by atoms with Gasteiger partial charge in [0.1, 0.15) is 5.54 Å². The molecule has 0 aromatic carbocycles. The quantitative estimate of drug-likeness (QED) is 0.217. The first-order chi connectivity index (χ1) is 8.11. The van der Waals surface area contributed by atoms with Crippen molar-refractivity contribution in [3.05, 3.63) is 10.4 Å². The summed E-state index contributed by atoms with van der Waals surface area (Å²) < 4.78 is 10.1. The Labute approximate surface area is 101 Å². The minimum Gasteiger partial charge on any atom is -0.356 e.